The number of rotatable bonds is 5. The van der Waals surface area contributed by atoms with E-state index in [1.165, 1.54) is 0 Å². The molecule has 2 heterocycles. The molecule has 154 valence electrons. The Morgan fingerprint density at radius 3 is 2.69 bits per heavy atom. The molecule has 0 aliphatic carbocycles. The average Bonchev–Trinajstić information content (AvgIpc) is 2.70. The molecule has 1 N–H and O–H groups in total. The first-order valence-corrected chi connectivity index (χ1v) is 9.98. The molecule has 6 heteroatoms. The first-order chi connectivity index (χ1) is 13.9. The van der Waals surface area contributed by atoms with Gasteiger partial charge in [-0.2, -0.15) is 0 Å². The van der Waals surface area contributed by atoms with Gasteiger partial charge in [0, 0.05) is 24.5 Å². The molecular formula is C23H27NO5. The van der Waals surface area contributed by atoms with Crippen molar-refractivity contribution in [2.24, 2.45) is 0 Å². The van der Waals surface area contributed by atoms with Crippen molar-refractivity contribution in [1.82, 2.24) is 5.32 Å². The van der Waals surface area contributed by atoms with Gasteiger partial charge >= 0.3 is 0 Å². The van der Waals surface area contributed by atoms with Crippen molar-refractivity contribution in [2.75, 3.05) is 20.3 Å². The van der Waals surface area contributed by atoms with Gasteiger partial charge in [0.1, 0.15) is 30.3 Å². The maximum absolute atomic E-state index is 12.7. The third kappa shape index (κ3) is 4.42. The first kappa shape index (κ1) is 19.4. The van der Waals surface area contributed by atoms with E-state index in [0.717, 1.165) is 34.1 Å². The van der Waals surface area contributed by atoms with Crippen molar-refractivity contribution in [1.29, 1.82) is 0 Å². The molecule has 1 amide bonds. The van der Waals surface area contributed by atoms with Crippen LogP contribution in [0.2, 0.25) is 0 Å². The fourth-order valence-electron chi connectivity index (χ4n) is 3.86. The lowest BCUT2D eigenvalue weighted by Crippen LogP contribution is -2.41. The third-order valence-electron chi connectivity index (χ3n) is 5.26. The van der Waals surface area contributed by atoms with Crippen LogP contribution < -0.4 is 24.3 Å². The Morgan fingerprint density at radius 2 is 1.90 bits per heavy atom. The third-order valence-corrected chi connectivity index (χ3v) is 5.26. The van der Waals surface area contributed by atoms with Crippen LogP contribution in [0, 0.1) is 0 Å². The van der Waals surface area contributed by atoms with E-state index in [-0.39, 0.29) is 17.6 Å². The minimum Gasteiger partial charge on any atom is -0.497 e. The number of carbonyl (C=O) groups excluding carboxylic acids is 1. The number of aryl methyl sites for hydroxylation is 1. The van der Waals surface area contributed by atoms with E-state index < -0.39 is 0 Å². The molecule has 4 rings (SSSR count). The van der Waals surface area contributed by atoms with Gasteiger partial charge < -0.3 is 24.3 Å². The Morgan fingerprint density at radius 1 is 1.10 bits per heavy atom. The van der Waals surface area contributed by atoms with Gasteiger partial charge in [-0.1, -0.05) is 6.07 Å². The van der Waals surface area contributed by atoms with Crippen molar-refractivity contribution in [3.8, 4) is 23.0 Å². The van der Waals surface area contributed by atoms with Crippen molar-refractivity contribution in [3.05, 3.63) is 47.5 Å². The summed E-state index contributed by atoms with van der Waals surface area (Å²) in [6.45, 7) is 5.19. The lowest BCUT2D eigenvalue weighted by Gasteiger charge is -2.38. The SMILES string of the molecule is COc1ccc2c(c1)OC(C)(C)C[C@H]2NC(=O)CCc1ccc2c(c1)OCCO2. The molecule has 2 aliphatic rings. The number of hydrogen-bond acceptors (Lipinski definition) is 5. The van der Waals surface area contributed by atoms with Crippen molar-refractivity contribution in [3.63, 3.8) is 0 Å². The fraction of sp³-hybridized carbons (Fsp3) is 0.435. The monoisotopic (exact) mass is 397 g/mol. The molecule has 0 radical (unpaired) electrons. The Balaban J connectivity index is 1.42. The summed E-state index contributed by atoms with van der Waals surface area (Å²) in [4.78, 5) is 12.7. The summed E-state index contributed by atoms with van der Waals surface area (Å²) in [5.41, 5.74) is 1.67. The van der Waals surface area contributed by atoms with Gasteiger partial charge in [-0.25, -0.2) is 0 Å². The normalized spacial score (nSPS) is 18.9. The highest BCUT2D eigenvalue weighted by Crippen LogP contribution is 2.41. The fourth-order valence-corrected chi connectivity index (χ4v) is 3.86. The van der Waals surface area contributed by atoms with E-state index in [0.29, 0.717) is 32.5 Å². The summed E-state index contributed by atoms with van der Waals surface area (Å²) in [6, 6.07) is 11.5. The Hall–Kier alpha value is -2.89. The van der Waals surface area contributed by atoms with Crippen LogP contribution in [0.3, 0.4) is 0 Å². The van der Waals surface area contributed by atoms with E-state index >= 15 is 0 Å². The molecule has 2 aromatic carbocycles. The summed E-state index contributed by atoms with van der Waals surface area (Å²) in [5, 5.41) is 3.19. The quantitative estimate of drug-likeness (QED) is 0.831. The van der Waals surface area contributed by atoms with E-state index in [4.69, 9.17) is 18.9 Å². The summed E-state index contributed by atoms with van der Waals surface area (Å²) < 4.78 is 22.6. The molecule has 6 nitrogen and oxygen atoms in total. The molecule has 29 heavy (non-hydrogen) atoms. The largest absolute Gasteiger partial charge is 0.497 e. The van der Waals surface area contributed by atoms with Crippen LogP contribution in [0.1, 0.15) is 43.9 Å². The van der Waals surface area contributed by atoms with Crippen LogP contribution in [-0.4, -0.2) is 31.8 Å². The van der Waals surface area contributed by atoms with Gasteiger partial charge in [-0.05, 0) is 50.1 Å². The molecule has 2 aromatic rings. The molecule has 0 saturated heterocycles. The van der Waals surface area contributed by atoms with Crippen LogP contribution in [0.15, 0.2) is 36.4 Å². The maximum atomic E-state index is 12.7. The number of nitrogens with one attached hydrogen (secondary N) is 1. The number of hydrogen-bond donors (Lipinski definition) is 1. The maximum Gasteiger partial charge on any atom is 0.220 e. The van der Waals surface area contributed by atoms with E-state index in [9.17, 15) is 4.79 Å². The molecule has 0 fully saturated rings. The zero-order valence-corrected chi connectivity index (χ0v) is 17.1. The lowest BCUT2D eigenvalue weighted by molar-refractivity contribution is -0.122. The topological polar surface area (TPSA) is 66.0 Å². The van der Waals surface area contributed by atoms with Crippen LogP contribution in [0.4, 0.5) is 0 Å². The van der Waals surface area contributed by atoms with Gasteiger partial charge in [0.25, 0.3) is 0 Å². The van der Waals surface area contributed by atoms with Crippen LogP contribution in [-0.2, 0) is 11.2 Å². The summed E-state index contributed by atoms with van der Waals surface area (Å²) >= 11 is 0. The van der Waals surface area contributed by atoms with Crippen LogP contribution >= 0.6 is 0 Å². The second-order valence-electron chi connectivity index (χ2n) is 8.07. The summed E-state index contributed by atoms with van der Waals surface area (Å²) in [6.07, 6.45) is 1.76. The second kappa shape index (κ2) is 7.85. The first-order valence-electron chi connectivity index (χ1n) is 9.98. The van der Waals surface area contributed by atoms with Crippen molar-refractivity contribution in [2.45, 2.75) is 44.8 Å². The minimum atomic E-state index is -0.368. The van der Waals surface area contributed by atoms with Gasteiger partial charge in [-0.3, -0.25) is 4.79 Å². The Bertz CT molecular complexity index is 908. The van der Waals surface area contributed by atoms with Gasteiger partial charge in [0.2, 0.25) is 5.91 Å². The van der Waals surface area contributed by atoms with E-state index in [1.807, 2.05) is 50.2 Å². The molecular weight excluding hydrogens is 370 g/mol. The molecule has 0 unspecified atom stereocenters. The highest BCUT2D eigenvalue weighted by atomic mass is 16.6. The van der Waals surface area contributed by atoms with Crippen LogP contribution in [0.5, 0.6) is 23.0 Å². The van der Waals surface area contributed by atoms with Gasteiger partial charge in [0.15, 0.2) is 11.5 Å². The summed E-state index contributed by atoms with van der Waals surface area (Å²) in [5.74, 6) is 3.04. The molecule has 0 saturated carbocycles. The van der Waals surface area contributed by atoms with E-state index in [1.54, 1.807) is 7.11 Å². The zero-order valence-electron chi connectivity index (χ0n) is 17.1. The highest BCUT2D eigenvalue weighted by Gasteiger charge is 2.34. The predicted molar refractivity (Wildman–Crippen MR) is 109 cm³/mol. The molecule has 1 atom stereocenters. The van der Waals surface area contributed by atoms with Crippen molar-refractivity contribution < 1.29 is 23.7 Å². The molecule has 0 aromatic heterocycles. The van der Waals surface area contributed by atoms with Gasteiger partial charge in [-0.15, -0.1) is 0 Å². The minimum absolute atomic E-state index is 0.0179. The van der Waals surface area contributed by atoms with Crippen LogP contribution in [0.25, 0.3) is 0 Å². The Kier molecular flexibility index (Phi) is 5.26. The Labute approximate surface area is 171 Å². The number of carbonyl (C=O) groups is 1. The number of methoxy groups -OCH3 is 1. The summed E-state index contributed by atoms with van der Waals surface area (Å²) in [7, 11) is 1.63. The van der Waals surface area contributed by atoms with Crippen molar-refractivity contribution >= 4 is 5.91 Å². The lowest BCUT2D eigenvalue weighted by atomic mass is 9.89. The highest BCUT2D eigenvalue weighted by molar-refractivity contribution is 5.77. The standard InChI is InChI=1S/C23H27NO5/c1-23(2)14-18(17-7-6-16(26-3)13-20(17)29-23)24-22(25)9-5-15-4-8-19-21(12-15)28-11-10-27-19/h4,6-8,12-13,18H,5,9-11,14H2,1-3H3,(H,24,25)/t18-/m1/s1. The zero-order chi connectivity index (χ0) is 20.4. The number of amides is 1. The second-order valence-corrected chi connectivity index (χ2v) is 8.07. The predicted octanol–water partition coefficient (Wildman–Crippen LogP) is 3.82. The molecule has 0 spiro atoms. The molecule has 0 bridgehead atoms. The number of fused-ring (bicyclic) bond motifs is 2. The van der Waals surface area contributed by atoms with Gasteiger partial charge in [0.05, 0.1) is 13.2 Å². The molecule has 2 aliphatic heterocycles. The number of benzene rings is 2. The number of ether oxygens (including phenoxy) is 4. The average molecular weight is 397 g/mol. The smallest absolute Gasteiger partial charge is 0.220 e. The van der Waals surface area contributed by atoms with E-state index in [2.05, 4.69) is 5.32 Å².